The van der Waals surface area contributed by atoms with Crippen LogP contribution in [0.4, 0.5) is 4.39 Å². The highest BCUT2D eigenvalue weighted by molar-refractivity contribution is 5.15. The van der Waals surface area contributed by atoms with Gasteiger partial charge in [-0.05, 0) is 24.1 Å². The van der Waals surface area contributed by atoms with Crippen LogP contribution in [0.15, 0.2) is 24.3 Å². The average molecular weight is 206 g/mol. The van der Waals surface area contributed by atoms with Crippen LogP contribution >= 0.6 is 0 Å². The molecule has 0 fully saturated rings. The first-order valence-corrected chi connectivity index (χ1v) is 5.11. The van der Waals surface area contributed by atoms with E-state index in [1.54, 1.807) is 12.1 Å². The second-order valence-electron chi connectivity index (χ2n) is 3.47. The fraction of sp³-hybridized carbons (Fsp3) is 0.417. The Morgan fingerprint density at radius 2 is 2.07 bits per heavy atom. The Bertz CT molecular complexity index is 326. The first kappa shape index (κ1) is 11.7. The molecule has 1 unspecified atom stereocenters. The lowest BCUT2D eigenvalue weighted by atomic mass is 10.1. The van der Waals surface area contributed by atoms with E-state index < -0.39 is 0 Å². The Balaban J connectivity index is 2.42. The molecule has 1 rings (SSSR count). The number of nitrogens with one attached hydrogen (secondary N) is 1. The van der Waals surface area contributed by atoms with Gasteiger partial charge in [-0.2, -0.15) is 5.26 Å². The molecule has 0 radical (unpaired) electrons. The summed E-state index contributed by atoms with van der Waals surface area (Å²) in [6.07, 6.45) is 1.44. The van der Waals surface area contributed by atoms with Crippen LogP contribution < -0.4 is 5.32 Å². The Kier molecular flexibility index (Phi) is 4.79. The lowest BCUT2D eigenvalue weighted by molar-refractivity contribution is 0.504. The van der Waals surface area contributed by atoms with Gasteiger partial charge >= 0.3 is 0 Å². The van der Waals surface area contributed by atoms with Crippen LogP contribution in [0.5, 0.6) is 0 Å². The Morgan fingerprint density at radius 3 is 2.60 bits per heavy atom. The van der Waals surface area contributed by atoms with Crippen molar-refractivity contribution in [2.75, 3.05) is 0 Å². The summed E-state index contributed by atoms with van der Waals surface area (Å²) in [5.74, 6) is -0.220. The van der Waals surface area contributed by atoms with Crippen molar-refractivity contribution in [3.63, 3.8) is 0 Å². The second kappa shape index (κ2) is 6.15. The zero-order chi connectivity index (χ0) is 11.1. The van der Waals surface area contributed by atoms with E-state index >= 15 is 0 Å². The maximum Gasteiger partial charge on any atom is 0.123 e. The molecule has 80 valence electrons. The Morgan fingerprint density at radius 1 is 1.40 bits per heavy atom. The van der Waals surface area contributed by atoms with Crippen molar-refractivity contribution < 1.29 is 4.39 Å². The zero-order valence-electron chi connectivity index (χ0n) is 8.83. The van der Waals surface area contributed by atoms with Crippen molar-refractivity contribution >= 4 is 0 Å². The number of hydrogen-bond donors (Lipinski definition) is 1. The van der Waals surface area contributed by atoms with Gasteiger partial charge in [0.1, 0.15) is 5.82 Å². The number of hydrogen-bond acceptors (Lipinski definition) is 2. The summed E-state index contributed by atoms with van der Waals surface area (Å²) in [6.45, 7) is 2.72. The highest BCUT2D eigenvalue weighted by Gasteiger charge is 2.04. The fourth-order valence-corrected chi connectivity index (χ4v) is 1.34. The molecule has 0 aromatic heterocycles. The maximum atomic E-state index is 12.6. The van der Waals surface area contributed by atoms with Crippen molar-refractivity contribution in [3.05, 3.63) is 35.6 Å². The number of halogens is 1. The monoisotopic (exact) mass is 206 g/mol. The summed E-state index contributed by atoms with van der Waals surface area (Å²) >= 11 is 0. The van der Waals surface area contributed by atoms with E-state index in [1.165, 1.54) is 12.1 Å². The fourth-order valence-electron chi connectivity index (χ4n) is 1.34. The van der Waals surface area contributed by atoms with Gasteiger partial charge in [0, 0.05) is 12.6 Å². The lowest BCUT2D eigenvalue weighted by Crippen LogP contribution is -2.27. The summed E-state index contributed by atoms with van der Waals surface area (Å²) in [6, 6.07) is 8.76. The van der Waals surface area contributed by atoms with Crippen LogP contribution in [-0.2, 0) is 6.54 Å². The topological polar surface area (TPSA) is 35.8 Å². The summed E-state index contributed by atoms with van der Waals surface area (Å²) in [5, 5.41) is 11.8. The predicted molar refractivity (Wildman–Crippen MR) is 57.5 cm³/mol. The van der Waals surface area contributed by atoms with E-state index in [9.17, 15) is 4.39 Å². The molecule has 0 aliphatic rings. The lowest BCUT2D eigenvalue weighted by Gasteiger charge is -2.13. The zero-order valence-corrected chi connectivity index (χ0v) is 8.83. The van der Waals surface area contributed by atoms with E-state index in [0.29, 0.717) is 13.0 Å². The van der Waals surface area contributed by atoms with Crippen LogP contribution in [0, 0.1) is 17.1 Å². The standard InChI is InChI=1S/C12H15FN2/c1-2-12(7-8-14)15-9-10-3-5-11(13)6-4-10/h3-6,12,15H,2,7,9H2,1H3. The van der Waals surface area contributed by atoms with Crippen LogP contribution in [0.3, 0.4) is 0 Å². The third kappa shape index (κ3) is 4.09. The van der Waals surface area contributed by atoms with Crippen LogP contribution in [0.2, 0.25) is 0 Å². The van der Waals surface area contributed by atoms with Crippen molar-refractivity contribution in [3.8, 4) is 6.07 Å². The predicted octanol–water partition coefficient (Wildman–Crippen LogP) is 2.61. The molecule has 1 N–H and O–H groups in total. The molecule has 0 saturated heterocycles. The minimum Gasteiger partial charge on any atom is -0.309 e. The van der Waals surface area contributed by atoms with E-state index in [0.717, 1.165) is 12.0 Å². The number of nitrogens with zero attached hydrogens (tertiary/aromatic N) is 1. The van der Waals surface area contributed by atoms with Crippen molar-refractivity contribution in [1.82, 2.24) is 5.32 Å². The van der Waals surface area contributed by atoms with Gasteiger partial charge in [0.15, 0.2) is 0 Å². The smallest absolute Gasteiger partial charge is 0.123 e. The second-order valence-corrected chi connectivity index (χ2v) is 3.47. The molecule has 0 amide bonds. The quantitative estimate of drug-likeness (QED) is 0.803. The molecule has 0 aliphatic heterocycles. The normalized spacial score (nSPS) is 12.1. The van der Waals surface area contributed by atoms with Crippen molar-refractivity contribution in [1.29, 1.82) is 5.26 Å². The number of benzene rings is 1. The average Bonchev–Trinajstić information content (AvgIpc) is 2.26. The van der Waals surface area contributed by atoms with Gasteiger partial charge in [0.2, 0.25) is 0 Å². The summed E-state index contributed by atoms with van der Waals surface area (Å²) in [4.78, 5) is 0. The molecule has 1 aromatic rings. The molecule has 3 heteroatoms. The molecular weight excluding hydrogens is 191 g/mol. The first-order chi connectivity index (χ1) is 7.26. The molecular formula is C12H15FN2. The molecule has 0 bridgehead atoms. The first-order valence-electron chi connectivity index (χ1n) is 5.11. The van der Waals surface area contributed by atoms with Crippen LogP contribution in [0.25, 0.3) is 0 Å². The van der Waals surface area contributed by atoms with Crippen LogP contribution in [-0.4, -0.2) is 6.04 Å². The third-order valence-corrected chi connectivity index (χ3v) is 2.34. The van der Waals surface area contributed by atoms with E-state index in [1.807, 2.05) is 6.92 Å². The highest BCUT2D eigenvalue weighted by Crippen LogP contribution is 2.04. The van der Waals surface area contributed by atoms with E-state index in [2.05, 4.69) is 11.4 Å². The van der Waals surface area contributed by atoms with Gasteiger partial charge in [0.05, 0.1) is 12.5 Å². The van der Waals surface area contributed by atoms with Crippen LogP contribution in [0.1, 0.15) is 25.3 Å². The highest BCUT2D eigenvalue weighted by atomic mass is 19.1. The maximum absolute atomic E-state index is 12.6. The van der Waals surface area contributed by atoms with Crippen molar-refractivity contribution in [2.24, 2.45) is 0 Å². The summed E-state index contributed by atoms with van der Waals surface area (Å²) < 4.78 is 12.6. The van der Waals surface area contributed by atoms with Gasteiger partial charge < -0.3 is 5.32 Å². The van der Waals surface area contributed by atoms with Gasteiger partial charge in [0.25, 0.3) is 0 Å². The molecule has 1 aromatic carbocycles. The van der Waals surface area contributed by atoms with Gasteiger partial charge in [-0.1, -0.05) is 19.1 Å². The largest absolute Gasteiger partial charge is 0.309 e. The SMILES string of the molecule is CCC(CC#N)NCc1ccc(F)cc1. The summed E-state index contributed by atoms with van der Waals surface area (Å²) in [7, 11) is 0. The molecule has 0 spiro atoms. The minimum atomic E-state index is -0.220. The molecule has 0 heterocycles. The van der Waals surface area contributed by atoms with Gasteiger partial charge in [-0.15, -0.1) is 0 Å². The number of rotatable bonds is 5. The van der Waals surface area contributed by atoms with Gasteiger partial charge in [-0.3, -0.25) is 0 Å². The Labute approximate surface area is 89.7 Å². The molecule has 2 nitrogen and oxygen atoms in total. The summed E-state index contributed by atoms with van der Waals surface area (Å²) in [5.41, 5.74) is 1.03. The third-order valence-electron chi connectivity index (χ3n) is 2.34. The number of nitriles is 1. The van der Waals surface area contributed by atoms with E-state index in [4.69, 9.17) is 5.26 Å². The molecule has 1 atom stereocenters. The molecule has 0 saturated carbocycles. The Hall–Kier alpha value is -1.40. The van der Waals surface area contributed by atoms with E-state index in [-0.39, 0.29) is 11.9 Å². The molecule has 0 aliphatic carbocycles. The minimum absolute atomic E-state index is 0.220. The molecule has 15 heavy (non-hydrogen) atoms. The van der Waals surface area contributed by atoms with Crippen molar-refractivity contribution in [2.45, 2.75) is 32.4 Å². The van der Waals surface area contributed by atoms with Gasteiger partial charge in [-0.25, -0.2) is 4.39 Å².